The van der Waals surface area contributed by atoms with E-state index in [-0.39, 0.29) is 0 Å². The Kier molecular flexibility index (Phi) is 5.18. The van der Waals surface area contributed by atoms with E-state index in [0.717, 1.165) is 25.6 Å². The summed E-state index contributed by atoms with van der Waals surface area (Å²) in [6, 6.07) is 11.6. The molecule has 3 aliphatic heterocycles. The summed E-state index contributed by atoms with van der Waals surface area (Å²) >= 11 is 0. The third-order valence-electron chi connectivity index (χ3n) is 5.76. The number of fused-ring (bicyclic) bond motifs is 4. The van der Waals surface area contributed by atoms with Gasteiger partial charge in [-0.2, -0.15) is 0 Å². The fourth-order valence-electron chi connectivity index (χ4n) is 4.56. The maximum Gasteiger partial charge on any atom is 0.122 e. The number of rotatable bonds is 6. The highest BCUT2D eigenvalue weighted by Gasteiger charge is 2.35. The second-order valence-electron chi connectivity index (χ2n) is 7.74. The van der Waals surface area contributed by atoms with Crippen molar-refractivity contribution in [2.75, 3.05) is 19.6 Å². The molecule has 4 nitrogen and oxygen atoms in total. The number of piperidine rings is 1. The van der Waals surface area contributed by atoms with Gasteiger partial charge < -0.3 is 4.57 Å². The Labute approximate surface area is 151 Å². The quantitative estimate of drug-likeness (QED) is 0.807. The standard InChI is InChI=1S/C21H30N4/c1-2-11-24-12-10-22-21(24)17-25-15-19-8-9-20(25)16-23(14-19)13-18-6-4-3-5-7-18/h3-7,10,12,19-20H,2,8-9,11,13-17H2,1H3/t19-,20+/m0/s1. The second-order valence-corrected chi connectivity index (χ2v) is 7.74. The molecule has 0 aliphatic carbocycles. The zero-order valence-corrected chi connectivity index (χ0v) is 15.3. The summed E-state index contributed by atoms with van der Waals surface area (Å²) < 4.78 is 2.33. The summed E-state index contributed by atoms with van der Waals surface area (Å²) in [7, 11) is 0. The minimum absolute atomic E-state index is 0.675. The Bertz CT molecular complexity index is 666. The van der Waals surface area contributed by atoms with Crippen molar-refractivity contribution < 1.29 is 0 Å². The summed E-state index contributed by atoms with van der Waals surface area (Å²) in [5, 5.41) is 0. The van der Waals surface area contributed by atoms with Gasteiger partial charge in [-0.25, -0.2) is 4.98 Å². The monoisotopic (exact) mass is 338 g/mol. The van der Waals surface area contributed by atoms with Crippen molar-refractivity contribution in [3.63, 3.8) is 0 Å². The van der Waals surface area contributed by atoms with Crippen LogP contribution in [0, 0.1) is 5.92 Å². The maximum absolute atomic E-state index is 4.64. The van der Waals surface area contributed by atoms with E-state index in [1.54, 1.807) is 0 Å². The highest BCUT2D eigenvalue weighted by molar-refractivity contribution is 5.14. The SMILES string of the molecule is CCCn1ccnc1CN1C[C@H]2CC[C@@H]1CN(Cc1ccccc1)C2. The molecule has 1 aromatic heterocycles. The molecule has 1 aromatic carbocycles. The Morgan fingerprint density at radius 1 is 1.04 bits per heavy atom. The zero-order valence-electron chi connectivity index (χ0n) is 15.3. The first-order valence-corrected chi connectivity index (χ1v) is 9.82. The molecule has 134 valence electrons. The van der Waals surface area contributed by atoms with Crippen LogP contribution < -0.4 is 0 Å². The van der Waals surface area contributed by atoms with Gasteiger partial charge in [0.05, 0.1) is 6.54 Å². The van der Waals surface area contributed by atoms with Crippen molar-refractivity contribution >= 4 is 0 Å². The number of nitrogens with zero attached hydrogens (tertiary/aromatic N) is 4. The van der Waals surface area contributed by atoms with Crippen LogP contribution in [0.15, 0.2) is 42.7 Å². The van der Waals surface area contributed by atoms with Gasteiger partial charge in [0.25, 0.3) is 0 Å². The summed E-state index contributed by atoms with van der Waals surface area (Å²) in [4.78, 5) is 10.0. The van der Waals surface area contributed by atoms with Crippen molar-refractivity contribution in [3.05, 3.63) is 54.1 Å². The van der Waals surface area contributed by atoms with E-state index in [1.165, 1.54) is 50.3 Å². The van der Waals surface area contributed by atoms with E-state index >= 15 is 0 Å². The van der Waals surface area contributed by atoms with Crippen LogP contribution in [0.4, 0.5) is 0 Å². The van der Waals surface area contributed by atoms with Crippen LogP contribution in [0.1, 0.15) is 37.6 Å². The molecule has 0 spiro atoms. The molecule has 25 heavy (non-hydrogen) atoms. The first-order chi connectivity index (χ1) is 12.3. The molecule has 4 heterocycles. The third-order valence-corrected chi connectivity index (χ3v) is 5.76. The van der Waals surface area contributed by atoms with Crippen LogP contribution in [0.5, 0.6) is 0 Å². The molecule has 0 unspecified atom stereocenters. The Morgan fingerprint density at radius 3 is 2.76 bits per heavy atom. The van der Waals surface area contributed by atoms with Crippen molar-refractivity contribution in [3.8, 4) is 0 Å². The van der Waals surface area contributed by atoms with E-state index in [4.69, 9.17) is 0 Å². The number of aromatic nitrogens is 2. The van der Waals surface area contributed by atoms with Gasteiger partial charge in [0.1, 0.15) is 5.82 Å². The van der Waals surface area contributed by atoms with Gasteiger partial charge in [0.2, 0.25) is 0 Å². The van der Waals surface area contributed by atoms with Crippen LogP contribution in [0.25, 0.3) is 0 Å². The Balaban J connectivity index is 1.43. The molecule has 0 amide bonds. The molecular formula is C21H30N4. The average molecular weight is 338 g/mol. The number of aryl methyl sites for hydroxylation is 1. The average Bonchev–Trinajstić information content (AvgIpc) is 2.87. The van der Waals surface area contributed by atoms with Gasteiger partial charge in [-0.3, -0.25) is 9.80 Å². The molecule has 0 radical (unpaired) electrons. The highest BCUT2D eigenvalue weighted by atomic mass is 15.3. The number of benzene rings is 1. The van der Waals surface area contributed by atoms with Gasteiger partial charge in [-0.15, -0.1) is 0 Å². The topological polar surface area (TPSA) is 24.3 Å². The zero-order chi connectivity index (χ0) is 17.1. The third kappa shape index (κ3) is 3.96. The van der Waals surface area contributed by atoms with E-state index < -0.39 is 0 Å². The minimum atomic E-state index is 0.675. The lowest BCUT2D eigenvalue weighted by Crippen LogP contribution is -2.43. The van der Waals surface area contributed by atoms with Gasteiger partial charge in [-0.1, -0.05) is 37.3 Å². The van der Waals surface area contributed by atoms with Crippen molar-refractivity contribution in [1.82, 2.24) is 19.4 Å². The van der Waals surface area contributed by atoms with Crippen LogP contribution >= 0.6 is 0 Å². The molecule has 2 aromatic rings. The van der Waals surface area contributed by atoms with E-state index in [0.29, 0.717) is 6.04 Å². The second kappa shape index (κ2) is 7.71. The molecule has 3 saturated heterocycles. The number of imidazole rings is 1. The number of hydrogen-bond donors (Lipinski definition) is 0. The van der Waals surface area contributed by atoms with Gasteiger partial charge >= 0.3 is 0 Å². The molecule has 3 fully saturated rings. The van der Waals surface area contributed by atoms with E-state index in [2.05, 4.69) is 62.8 Å². The largest absolute Gasteiger partial charge is 0.334 e. The lowest BCUT2D eigenvalue weighted by molar-refractivity contribution is 0.118. The molecule has 0 saturated carbocycles. The van der Waals surface area contributed by atoms with Crippen molar-refractivity contribution in [2.24, 2.45) is 5.92 Å². The first-order valence-electron chi connectivity index (χ1n) is 9.82. The van der Waals surface area contributed by atoms with E-state index in [9.17, 15) is 0 Å². The molecule has 2 atom stereocenters. The van der Waals surface area contributed by atoms with Crippen LogP contribution in [0.2, 0.25) is 0 Å². The molecular weight excluding hydrogens is 308 g/mol. The van der Waals surface area contributed by atoms with Crippen LogP contribution in [-0.2, 0) is 19.6 Å². The van der Waals surface area contributed by atoms with Crippen LogP contribution in [0.3, 0.4) is 0 Å². The molecule has 5 rings (SSSR count). The molecule has 2 bridgehead atoms. The molecule has 0 N–H and O–H groups in total. The Morgan fingerprint density at radius 2 is 1.92 bits per heavy atom. The minimum Gasteiger partial charge on any atom is -0.334 e. The maximum atomic E-state index is 4.64. The fourth-order valence-corrected chi connectivity index (χ4v) is 4.56. The lowest BCUT2D eigenvalue weighted by Gasteiger charge is -2.36. The molecule has 4 heteroatoms. The Hall–Kier alpha value is -1.65. The number of hydrogen-bond acceptors (Lipinski definition) is 3. The lowest BCUT2D eigenvalue weighted by atomic mass is 9.95. The van der Waals surface area contributed by atoms with Gasteiger partial charge in [-0.05, 0) is 30.7 Å². The summed E-state index contributed by atoms with van der Waals surface area (Å²) in [6.45, 7) is 9.08. The molecule has 3 aliphatic rings. The van der Waals surface area contributed by atoms with Crippen LogP contribution in [-0.4, -0.2) is 45.0 Å². The van der Waals surface area contributed by atoms with E-state index in [1.807, 2.05) is 6.20 Å². The highest BCUT2D eigenvalue weighted by Crippen LogP contribution is 2.29. The predicted octanol–water partition coefficient (Wildman–Crippen LogP) is 3.39. The first kappa shape index (κ1) is 16.8. The summed E-state index contributed by atoms with van der Waals surface area (Å²) in [5.41, 5.74) is 1.44. The smallest absolute Gasteiger partial charge is 0.122 e. The summed E-state index contributed by atoms with van der Waals surface area (Å²) in [6.07, 6.45) is 7.99. The fraction of sp³-hybridized carbons (Fsp3) is 0.571. The van der Waals surface area contributed by atoms with Gasteiger partial charge in [0, 0.05) is 51.2 Å². The summed E-state index contributed by atoms with van der Waals surface area (Å²) in [5.74, 6) is 2.04. The van der Waals surface area contributed by atoms with Gasteiger partial charge in [0.15, 0.2) is 0 Å². The predicted molar refractivity (Wildman–Crippen MR) is 101 cm³/mol. The normalized spacial score (nSPS) is 24.5. The van der Waals surface area contributed by atoms with Crippen molar-refractivity contribution in [1.29, 1.82) is 0 Å². The van der Waals surface area contributed by atoms with Crippen molar-refractivity contribution in [2.45, 2.75) is 51.9 Å².